The summed E-state index contributed by atoms with van der Waals surface area (Å²) >= 11 is 0. The largest absolute Gasteiger partial charge is 0.489 e. The lowest BCUT2D eigenvalue weighted by Crippen LogP contribution is -2.36. The van der Waals surface area contributed by atoms with Crippen molar-refractivity contribution >= 4 is 35.8 Å². The first-order valence-electron chi connectivity index (χ1n) is 10.3. The zero-order valence-corrected chi connectivity index (χ0v) is 21.4. The summed E-state index contributed by atoms with van der Waals surface area (Å²) < 4.78 is 5.70. The number of nitrogens with one attached hydrogen (secondary N) is 3. The molecule has 0 aliphatic carbocycles. The Labute approximate surface area is 208 Å². The summed E-state index contributed by atoms with van der Waals surface area (Å²) in [5, 5.41) is 9.52. The van der Waals surface area contributed by atoms with E-state index in [1.807, 2.05) is 67.5 Å². The van der Waals surface area contributed by atoms with Gasteiger partial charge in [0, 0.05) is 44.4 Å². The van der Waals surface area contributed by atoms with Gasteiger partial charge in [0.1, 0.15) is 12.4 Å². The van der Waals surface area contributed by atoms with Crippen molar-refractivity contribution in [3.8, 4) is 5.75 Å². The van der Waals surface area contributed by atoms with Crippen molar-refractivity contribution in [1.29, 1.82) is 0 Å². The van der Waals surface area contributed by atoms with Gasteiger partial charge in [0.25, 0.3) is 5.91 Å². The van der Waals surface area contributed by atoms with E-state index in [4.69, 9.17) is 4.74 Å². The molecule has 2 rings (SSSR count). The Kier molecular flexibility index (Phi) is 13.1. The average Bonchev–Trinajstić information content (AvgIpc) is 2.78. The lowest BCUT2D eigenvalue weighted by molar-refractivity contribution is 0.0951. The first-order chi connectivity index (χ1) is 15.0. The van der Waals surface area contributed by atoms with Crippen molar-refractivity contribution in [3.05, 3.63) is 77.9 Å². The van der Waals surface area contributed by atoms with Crippen LogP contribution in [0.5, 0.6) is 5.75 Å². The third-order valence-corrected chi connectivity index (χ3v) is 4.49. The topological polar surface area (TPSA) is 78.0 Å². The van der Waals surface area contributed by atoms with Gasteiger partial charge < -0.3 is 25.6 Å². The van der Waals surface area contributed by atoms with Gasteiger partial charge in [-0.2, -0.15) is 0 Å². The van der Waals surface area contributed by atoms with Gasteiger partial charge in [-0.15, -0.1) is 24.0 Å². The smallest absolute Gasteiger partial charge is 0.251 e. The van der Waals surface area contributed by atoms with Gasteiger partial charge in [0.05, 0.1) is 0 Å². The van der Waals surface area contributed by atoms with Crippen molar-refractivity contribution in [2.24, 2.45) is 4.99 Å². The molecule has 2 aromatic rings. The van der Waals surface area contributed by atoms with Crippen LogP contribution >= 0.6 is 24.0 Å². The van der Waals surface area contributed by atoms with Gasteiger partial charge in [0.15, 0.2) is 5.96 Å². The Morgan fingerprint density at radius 3 is 2.56 bits per heavy atom. The number of benzene rings is 2. The van der Waals surface area contributed by atoms with Gasteiger partial charge in [-0.3, -0.25) is 9.79 Å². The van der Waals surface area contributed by atoms with E-state index < -0.39 is 0 Å². The van der Waals surface area contributed by atoms with E-state index in [-0.39, 0.29) is 29.9 Å². The normalized spacial score (nSPS) is 10.8. The molecule has 0 fully saturated rings. The van der Waals surface area contributed by atoms with Crippen LogP contribution in [-0.2, 0) is 13.1 Å². The predicted octanol–water partition coefficient (Wildman–Crippen LogP) is 3.03. The first-order valence-corrected chi connectivity index (χ1v) is 10.3. The molecule has 7 nitrogen and oxygen atoms in total. The van der Waals surface area contributed by atoms with Gasteiger partial charge in [-0.1, -0.05) is 43.0 Å². The van der Waals surface area contributed by atoms with Crippen molar-refractivity contribution in [2.45, 2.75) is 13.1 Å². The van der Waals surface area contributed by atoms with Crippen LogP contribution in [0.1, 0.15) is 21.5 Å². The quantitative estimate of drug-likeness (QED) is 0.173. The van der Waals surface area contributed by atoms with E-state index in [0.717, 1.165) is 23.4 Å². The number of carbonyl (C=O) groups excluding carboxylic acids is 1. The molecule has 174 valence electrons. The predicted molar refractivity (Wildman–Crippen MR) is 142 cm³/mol. The van der Waals surface area contributed by atoms with Crippen LogP contribution in [0.3, 0.4) is 0 Å². The number of rotatable bonds is 11. The highest BCUT2D eigenvalue weighted by Crippen LogP contribution is 2.17. The molecular formula is C24H34IN5O2. The second kappa shape index (κ2) is 15.3. The number of guanidine groups is 1. The van der Waals surface area contributed by atoms with Gasteiger partial charge >= 0.3 is 0 Å². The Balaban J connectivity index is 0.00000512. The highest BCUT2D eigenvalue weighted by Gasteiger charge is 2.07. The summed E-state index contributed by atoms with van der Waals surface area (Å²) in [7, 11) is 5.68. The second-order valence-corrected chi connectivity index (χ2v) is 7.25. The van der Waals surface area contributed by atoms with E-state index in [0.29, 0.717) is 37.8 Å². The molecule has 0 heterocycles. The summed E-state index contributed by atoms with van der Waals surface area (Å²) in [6.45, 7) is 6.68. The molecule has 0 atom stereocenters. The number of halogens is 1. The number of carbonyl (C=O) groups is 1. The lowest BCUT2D eigenvalue weighted by Gasteiger charge is -2.15. The number of hydrogen-bond acceptors (Lipinski definition) is 4. The molecule has 0 unspecified atom stereocenters. The standard InChI is InChI=1S/C24H33N5O2.HI/c1-5-15-31-22-12-7-6-10-21(22)18-28-24(25-2)27-17-19-9-8-11-20(16-19)23(30)26-13-14-29(3)4;/h5-12,16H,1,13-15,17-18H2,2-4H3,(H,26,30)(H2,25,27,28);1H. The highest BCUT2D eigenvalue weighted by molar-refractivity contribution is 14.0. The third-order valence-electron chi connectivity index (χ3n) is 4.49. The molecule has 2 aromatic carbocycles. The number of amides is 1. The van der Waals surface area contributed by atoms with Crippen molar-refractivity contribution in [1.82, 2.24) is 20.9 Å². The Bertz CT molecular complexity index is 886. The van der Waals surface area contributed by atoms with E-state index in [9.17, 15) is 4.79 Å². The molecule has 8 heteroatoms. The lowest BCUT2D eigenvalue weighted by atomic mass is 10.1. The monoisotopic (exact) mass is 551 g/mol. The van der Waals surface area contributed by atoms with Gasteiger partial charge in [0.2, 0.25) is 0 Å². The molecule has 0 aliphatic rings. The number of ether oxygens (including phenoxy) is 1. The minimum Gasteiger partial charge on any atom is -0.489 e. The van der Waals surface area contributed by atoms with Gasteiger partial charge in [-0.05, 0) is 37.9 Å². The molecule has 0 saturated carbocycles. The maximum atomic E-state index is 12.3. The van der Waals surface area contributed by atoms with Gasteiger partial charge in [-0.25, -0.2) is 0 Å². The minimum atomic E-state index is -0.0673. The van der Waals surface area contributed by atoms with Crippen molar-refractivity contribution in [2.75, 3.05) is 40.8 Å². The molecule has 0 aromatic heterocycles. The average molecular weight is 551 g/mol. The van der Waals surface area contributed by atoms with Crippen LogP contribution in [0.2, 0.25) is 0 Å². The Morgan fingerprint density at radius 1 is 1.09 bits per heavy atom. The van der Waals surface area contributed by atoms with Crippen molar-refractivity contribution < 1.29 is 9.53 Å². The zero-order valence-electron chi connectivity index (χ0n) is 19.1. The molecule has 0 saturated heterocycles. The van der Waals surface area contributed by atoms with Crippen LogP contribution in [0.25, 0.3) is 0 Å². The summed E-state index contributed by atoms with van der Waals surface area (Å²) in [5.41, 5.74) is 2.68. The molecule has 1 amide bonds. The summed E-state index contributed by atoms with van der Waals surface area (Å²) in [4.78, 5) is 18.6. The Hall–Kier alpha value is -2.59. The number of para-hydroxylation sites is 1. The molecule has 3 N–H and O–H groups in total. The van der Waals surface area contributed by atoms with Crippen LogP contribution in [0.15, 0.2) is 66.2 Å². The SMILES string of the molecule is C=CCOc1ccccc1CNC(=NC)NCc1cccc(C(=O)NCCN(C)C)c1.I. The molecule has 0 aliphatic heterocycles. The van der Waals surface area contributed by atoms with E-state index in [1.165, 1.54) is 0 Å². The van der Waals surface area contributed by atoms with E-state index in [1.54, 1.807) is 13.1 Å². The van der Waals surface area contributed by atoms with Crippen LogP contribution in [0.4, 0.5) is 0 Å². The maximum absolute atomic E-state index is 12.3. The number of aliphatic imine (C=N–C) groups is 1. The van der Waals surface area contributed by atoms with Crippen LogP contribution in [0, 0.1) is 0 Å². The molecule has 32 heavy (non-hydrogen) atoms. The zero-order chi connectivity index (χ0) is 22.5. The number of likely N-dealkylation sites (N-methyl/N-ethyl adjacent to an activating group) is 1. The molecular weight excluding hydrogens is 517 g/mol. The van der Waals surface area contributed by atoms with Crippen molar-refractivity contribution in [3.63, 3.8) is 0 Å². The van der Waals surface area contributed by atoms with E-state index >= 15 is 0 Å². The maximum Gasteiger partial charge on any atom is 0.251 e. The second-order valence-electron chi connectivity index (χ2n) is 7.25. The summed E-state index contributed by atoms with van der Waals surface area (Å²) in [6.07, 6.45) is 1.72. The molecule has 0 bridgehead atoms. The summed E-state index contributed by atoms with van der Waals surface area (Å²) in [6, 6.07) is 15.5. The fourth-order valence-electron chi connectivity index (χ4n) is 2.84. The highest BCUT2D eigenvalue weighted by atomic mass is 127. The molecule has 0 spiro atoms. The van der Waals surface area contributed by atoms with Crippen LogP contribution in [-0.4, -0.2) is 57.6 Å². The summed E-state index contributed by atoms with van der Waals surface area (Å²) in [5.74, 6) is 1.42. The third kappa shape index (κ3) is 9.69. The van der Waals surface area contributed by atoms with Crippen LogP contribution < -0.4 is 20.7 Å². The molecule has 0 radical (unpaired) electrons. The Morgan fingerprint density at radius 2 is 1.84 bits per heavy atom. The minimum absolute atomic E-state index is 0. The first kappa shape index (κ1) is 27.4. The fourth-order valence-corrected chi connectivity index (χ4v) is 2.84. The van der Waals surface area contributed by atoms with E-state index in [2.05, 4.69) is 27.5 Å². The fraction of sp³-hybridized carbons (Fsp3) is 0.333. The number of hydrogen-bond donors (Lipinski definition) is 3. The number of nitrogens with zero attached hydrogens (tertiary/aromatic N) is 2.